The van der Waals surface area contributed by atoms with Crippen molar-refractivity contribution in [3.63, 3.8) is 0 Å². The number of rotatable bonds is 11. The van der Waals surface area contributed by atoms with Crippen LogP contribution in [0.5, 0.6) is 0 Å². The first-order valence-corrected chi connectivity index (χ1v) is 32.0. The van der Waals surface area contributed by atoms with Crippen molar-refractivity contribution in [3.8, 4) is 0 Å². The number of epoxide rings is 1. The SMILES string of the molecule is CC(C)CC1C=C2CC3CC4C=CC56C(=O)OCC78C(C(=O)C(O)C9(C%10CCCC(Cc%11ccccc%11)C%10)C7C(CC7(C)C(c%10ccoc%10CC(C(O)CO)C%10CCC%11C(C=CN%12CNCC%11%12)C%10)OC(=O)C%10OC%1079)CC35C4)C1(C)OC286. The van der Waals surface area contributed by atoms with E-state index in [2.05, 4.69) is 98.7 Å². The molecule has 13 nitrogen and oxygen atoms in total. The maximum atomic E-state index is 17.2. The molecule has 2 aromatic rings. The summed E-state index contributed by atoms with van der Waals surface area (Å²) in [6.45, 7) is 10.4. The predicted molar refractivity (Wildman–Crippen MR) is 296 cm³/mol. The van der Waals surface area contributed by atoms with Gasteiger partial charge in [0.25, 0.3) is 0 Å². The molecular formula is C68H84N2O11. The molecule has 8 heterocycles. The highest BCUT2D eigenvalue weighted by Crippen LogP contribution is 2.92. The molecule has 1 aromatic carbocycles. The molecule has 7 saturated carbocycles. The Kier molecular flexibility index (Phi) is 10.7. The van der Waals surface area contributed by atoms with E-state index >= 15 is 14.4 Å². The number of cyclic esters (lactones) is 2. The van der Waals surface area contributed by atoms with Crippen molar-refractivity contribution in [2.45, 2.75) is 171 Å². The number of aliphatic hydroxyl groups excluding tert-OH is 3. The van der Waals surface area contributed by atoms with E-state index in [-0.39, 0.29) is 72.3 Å². The maximum absolute atomic E-state index is 17.2. The summed E-state index contributed by atoms with van der Waals surface area (Å²) in [6, 6.07) is 13.1. The Morgan fingerprint density at radius 1 is 0.938 bits per heavy atom. The van der Waals surface area contributed by atoms with Crippen LogP contribution in [-0.4, -0.2) is 106 Å². The first kappa shape index (κ1) is 51.3. The molecule has 81 heavy (non-hydrogen) atoms. The summed E-state index contributed by atoms with van der Waals surface area (Å²) in [5.74, 6) is -0.444. The first-order chi connectivity index (χ1) is 39.1. The van der Waals surface area contributed by atoms with Crippen LogP contribution in [0, 0.1) is 104 Å². The predicted octanol–water partition coefficient (Wildman–Crippen LogP) is 8.61. The number of carbonyl (C=O) groups excluding carboxylic acids is 3. The summed E-state index contributed by atoms with van der Waals surface area (Å²) in [5, 5.41) is 40.9. The Labute approximate surface area is 476 Å². The molecule has 12 fully saturated rings. The number of allylic oxidation sites excluding steroid dienone is 2. The molecule has 7 aliphatic heterocycles. The smallest absolute Gasteiger partial charge is 0.339 e. The largest absolute Gasteiger partial charge is 0.469 e. The average Bonchev–Trinajstić information content (AvgIpc) is 1.48. The number of benzene rings is 1. The number of Topliss-reactive ketones (excluding diaryl/α,β-unsaturated/α-hetero) is 1. The zero-order valence-electron chi connectivity index (χ0n) is 47.8. The molecule has 17 rings (SSSR count). The van der Waals surface area contributed by atoms with Gasteiger partial charge in [0.1, 0.15) is 41.2 Å². The number of esters is 2. The second-order valence-electron chi connectivity index (χ2n) is 30.5. The lowest BCUT2D eigenvalue weighted by molar-refractivity contribution is -0.307. The first-order valence-electron chi connectivity index (χ1n) is 32.0. The molecule has 0 amide bonds. The molecule has 8 aliphatic carbocycles. The fourth-order valence-electron chi connectivity index (χ4n) is 25.2. The highest BCUT2D eigenvalue weighted by molar-refractivity contribution is 5.95. The molecule has 25 atom stereocenters. The van der Waals surface area contributed by atoms with Crippen molar-refractivity contribution in [2.24, 2.45) is 104 Å². The van der Waals surface area contributed by atoms with Gasteiger partial charge in [-0.1, -0.05) is 88.2 Å². The second-order valence-corrected chi connectivity index (χ2v) is 30.5. The Morgan fingerprint density at radius 2 is 1.79 bits per heavy atom. The van der Waals surface area contributed by atoms with Crippen LogP contribution in [0.4, 0.5) is 0 Å². The number of ketones is 1. The van der Waals surface area contributed by atoms with Crippen LogP contribution in [-0.2, 0) is 46.2 Å². The van der Waals surface area contributed by atoms with Gasteiger partial charge in [-0.2, -0.15) is 0 Å². The third kappa shape index (κ3) is 5.82. The molecule has 4 N–H and O–H groups in total. The van der Waals surface area contributed by atoms with Crippen molar-refractivity contribution in [1.29, 1.82) is 0 Å². The Morgan fingerprint density at radius 3 is 2.62 bits per heavy atom. The lowest BCUT2D eigenvalue weighted by Crippen LogP contribution is -2.83. The molecule has 432 valence electrons. The van der Waals surface area contributed by atoms with E-state index < -0.39 is 86.1 Å². The van der Waals surface area contributed by atoms with Crippen molar-refractivity contribution in [3.05, 3.63) is 95.6 Å². The number of ether oxygens (including phenoxy) is 4. The highest BCUT2D eigenvalue weighted by atomic mass is 16.7. The molecule has 1 aromatic heterocycles. The number of carbonyl (C=O) groups is 3. The topological polar surface area (TPSA) is 181 Å². The van der Waals surface area contributed by atoms with Gasteiger partial charge in [0.15, 0.2) is 11.9 Å². The number of nitrogens with zero attached hydrogens (tertiary/aromatic N) is 1. The Hall–Kier alpha value is -4.11. The van der Waals surface area contributed by atoms with Crippen LogP contribution in [0.15, 0.2) is 83.2 Å². The minimum Gasteiger partial charge on any atom is -0.469 e. The zero-order valence-corrected chi connectivity index (χ0v) is 47.8. The van der Waals surface area contributed by atoms with Gasteiger partial charge in [-0.3, -0.25) is 14.9 Å². The van der Waals surface area contributed by atoms with Crippen LogP contribution >= 0.6 is 0 Å². The normalized spacial score (nSPS) is 52.0. The van der Waals surface area contributed by atoms with Crippen LogP contribution < -0.4 is 5.32 Å². The van der Waals surface area contributed by atoms with Gasteiger partial charge in [-0.15, -0.1) is 0 Å². The van der Waals surface area contributed by atoms with Crippen molar-refractivity contribution in [1.82, 2.24) is 10.2 Å². The second kappa shape index (κ2) is 16.9. The van der Waals surface area contributed by atoms with Crippen molar-refractivity contribution >= 4 is 17.7 Å². The molecule has 25 unspecified atom stereocenters. The van der Waals surface area contributed by atoms with Crippen LogP contribution in [0.1, 0.15) is 134 Å². The standard InChI is InChI=1S/C68H84N2O11/c1-36(2)21-44-26-46-27-45-24-39-15-18-65-60(76)78-34-64-54-42(31-63(45,65)29-39)30-61(3)57(48-17-20-77-52(48)28-49(51(72)33-71)40-13-14-47-41(25-40)16-19-70-35-69-32-50(47)70)79-59(75)58-68(61,80-58)66(54,56(74)53(73)55(64)62(44,4)81-67(46,64)65)43-12-8-11-38(23-43)22-37-9-6-5-7-10-37/h5-7,9-10,15-20,26,36,38-45,47,49-51,54-58,69,71-72,74H,8,11-14,21-25,27-35H2,1-4H3. The monoisotopic (exact) mass is 1100 g/mol. The van der Waals surface area contributed by atoms with Gasteiger partial charge >= 0.3 is 11.9 Å². The summed E-state index contributed by atoms with van der Waals surface area (Å²) < 4.78 is 36.6. The van der Waals surface area contributed by atoms with Crippen molar-refractivity contribution in [2.75, 3.05) is 26.4 Å². The molecule has 5 spiro atoms. The van der Waals surface area contributed by atoms with Gasteiger partial charge in [-0.25, -0.2) is 4.79 Å². The van der Waals surface area contributed by atoms with Gasteiger partial charge < -0.3 is 43.6 Å². The van der Waals surface area contributed by atoms with Crippen LogP contribution in [0.25, 0.3) is 0 Å². The molecule has 0 radical (unpaired) electrons. The van der Waals surface area contributed by atoms with E-state index in [0.29, 0.717) is 48.8 Å². The van der Waals surface area contributed by atoms with Crippen LogP contribution in [0.3, 0.4) is 0 Å². The quantitative estimate of drug-likeness (QED) is 0.0956. The van der Waals surface area contributed by atoms with E-state index in [4.69, 9.17) is 23.4 Å². The van der Waals surface area contributed by atoms with Gasteiger partial charge in [0.2, 0.25) is 0 Å². The minimum absolute atomic E-state index is 0.0132. The van der Waals surface area contributed by atoms with E-state index in [0.717, 1.165) is 95.8 Å². The number of nitrogens with one attached hydrogen (secondary N) is 1. The summed E-state index contributed by atoms with van der Waals surface area (Å²) in [5.41, 5.74) is -5.66. The Bertz CT molecular complexity index is 3100. The van der Waals surface area contributed by atoms with E-state index in [1.54, 1.807) is 6.26 Å². The van der Waals surface area contributed by atoms with Gasteiger partial charge in [0.05, 0.1) is 42.6 Å². The highest BCUT2D eigenvalue weighted by Gasteiger charge is 3.00. The molecule has 5 saturated heterocycles. The molecule has 15 aliphatic rings. The number of hydrogen-bond donors (Lipinski definition) is 4. The van der Waals surface area contributed by atoms with Crippen molar-refractivity contribution < 1.29 is 53.1 Å². The molecule has 6 bridgehead atoms. The van der Waals surface area contributed by atoms with Crippen LogP contribution in [0.2, 0.25) is 0 Å². The maximum Gasteiger partial charge on any atom is 0.339 e. The number of hydrogen-bond acceptors (Lipinski definition) is 13. The molecule has 13 heteroatoms. The van der Waals surface area contributed by atoms with E-state index in [1.165, 1.54) is 11.1 Å². The van der Waals surface area contributed by atoms with E-state index in [1.807, 2.05) is 6.07 Å². The third-order valence-electron chi connectivity index (χ3n) is 27.3. The minimum atomic E-state index is -1.52. The lowest BCUT2D eigenvalue weighted by atomic mass is 9.29. The fourth-order valence-corrected chi connectivity index (χ4v) is 25.2. The van der Waals surface area contributed by atoms with Gasteiger partial charge in [0, 0.05) is 41.3 Å². The number of fused-ring (bicyclic) bond motifs is 6. The summed E-state index contributed by atoms with van der Waals surface area (Å²) in [6.07, 6.45) is 21.1. The molecular weight excluding hydrogens is 1020 g/mol. The summed E-state index contributed by atoms with van der Waals surface area (Å²) >= 11 is 0. The summed E-state index contributed by atoms with van der Waals surface area (Å²) in [4.78, 5) is 51.2. The average molecular weight is 1110 g/mol. The Balaban J connectivity index is 0.862. The fraction of sp³-hybridized carbons (Fsp3) is 0.721. The third-order valence-corrected chi connectivity index (χ3v) is 27.3. The zero-order chi connectivity index (χ0) is 55.2. The summed E-state index contributed by atoms with van der Waals surface area (Å²) in [7, 11) is 0. The van der Waals surface area contributed by atoms with Gasteiger partial charge in [-0.05, 0) is 178 Å². The lowest BCUT2D eigenvalue weighted by Gasteiger charge is -2.73. The number of furan rings is 1. The van der Waals surface area contributed by atoms with E-state index in [9.17, 15) is 15.3 Å². The number of aliphatic hydroxyl groups is 3.